The van der Waals surface area contributed by atoms with Gasteiger partial charge in [0.05, 0.1) is 10.4 Å². The lowest BCUT2D eigenvalue weighted by molar-refractivity contribution is -0.125. The van der Waals surface area contributed by atoms with Gasteiger partial charge in [-0.2, -0.15) is 0 Å². The van der Waals surface area contributed by atoms with Gasteiger partial charge in [0, 0.05) is 24.3 Å². The molecule has 0 saturated carbocycles. The summed E-state index contributed by atoms with van der Waals surface area (Å²) in [4.78, 5) is 13.8. The molecule has 1 aliphatic rings. The predicted octanol–water partition coefficient (Wildman–Crippen LogP) is 1.68. The lowest BCUT2D eigenvalue weighted by Crippen LogP contribution is -2.37. The summed E-state index contributed by atoms with van der Waals surface area (Å²) in [6.45, 7) is 3.27. The Hall–Kier alpha value is -1.33. The standard InChI is InChI=1S/C13H16ClN3OS/c1-13(12(16)18)4-5-17(7-13)8-2-3-9(11(15)19)10(14)6-8/h2-3,6H,4-5,7H2,1H3,(H2,15,19)(H2,16,18). The van der Waals surface area contributed by atoms with E-state index in [1.807, 2.05) is 19.1 Å². The highest BCUT2D eigenvalue weighted by atomic mass is 35.5. The summed E-state index contributed by atoms with van der Waals surface area (Å²) in [5.74, 6) is -0.263. The molecule has 1 saturated heterocycles. The summed E-state index contributed by atoms with van der Waals surface area (Å²) in [7, 11) is 0. The Bertz CT molecular complexity index is 549. The zero-order valence-electron chi connectivity index (χ0n) is 10.6. The van der Waals surface area contributed by atoms with Gasteiger partial charge in [-0.15, -0.1) is 0 Å². The fraction of sp³-hybridized carbons (Fsp3) is 0.385. The molecule has 19 heavy (non-hydrogen) atoms. The number of nitrogens with two attached hydrogens (primary N) is 2. The van der Waals surface area contributed by atoms with Crippen molar-refractivity contribution in [2.45, 2.75) is 13.3 Å². The third-order valence-corrected chi connectivity index (χ3v) is 4.18. The fourth-order valence-electron chi connectivity index (χ4n) is 2.28. The van der Waals surface area contributed by atoms with Crippen LogP contribution in [0.2, 0.25) is 5.02 Å². The molecule has 1 aliphatic heterocycles. The van der Waals surface area contributed by atoms with Crippen molar-refractivity contribution in [3.8, 4) is 0 Å². The maximum atomic E-state index is 11.4. The number of benzene rings is 1. The zero-order chi connectivity index (χ0) is 14.2. The van der Waals surface area contributed by atoms with E-state index in [9.17, 15) is 4.79 Å². The maximum absolute atomic E-state index is 11.4. The molecule has 1 aromatic rings. The third kappa shape index (κ3) is 2.67. The predicted molar refractivity (Wildman–Crippen MR) is 81.5 cm³/mol. The van der Waals surface area contributed by atoms with Crippen LogP contribution in [0.15, 0.2) is 18.2 Å². The van der Waals surface area contributed by atoms with E-state index >= 15 is 0 Å². The topological polar surface area (TPSA) is 72.4 Å². The summed E-state index contributed by atoms with van der Waals surface area (Å²) < 4.78 is 0. The zero-order valence-corrected chi connectivity index (χ0v) is 12.2. The van der Waals surface area contributed by atoms with Gasteiger partial charge in [-0.05, 0) is 31.5 Å². The van der Waals surface area contributed by atoms with Gasteiger partial charge in [0.15, 0.2) is 0 Å². The summed E-state index contributed by atoms with van der Waals surface area (Å²) in [6, 6.07) is 5.54. The quantitative estimate of drug-likeness (QED) is 0.833. The molecule has 0 aliphatic carbocycles. The number of rotatable bonds is 3. The Morgan fingerprint density at radius 2 is 2.16 bits per heavy atom. The van der Waals surface area contributed by atoms with Crippen LogP contribution in [0.25, 0.3) is 0 Å². The first-order valence-electron chi connectivity index (χ1n) is 5.98. The molecule has 6 heteroatoms. The molecule has 1 fully saturated rings. The van der Waals surface area contributed by atoms with Gasteiger partial charge in [-0.3, -0.25) is 4.79 Å². The van der Waals surface area contributed by atoms with Crippen LogP contribution in [-0.4, -0.2) is 24.0 Å². The van der Waals surface area contributed by atoms with Crippen LogP contribution in [0, 0.1) is 5.41 Å². The normalized spacial score (nSPS) is 22.5. The van der Waals surface area contributed by atoms with Gasteiger partial charge in [0.25, 0.3) is 0 Å². The highest BCUT2D eigenvalue weighted by molar-refractivity contribution is 7.80. The van der Waals surface area contributed by atoms with Crippen LogP contribution in [0.4, 0.5) is 5.69 Å². The number of primary amides is 1. The molecule has 4 nitrogen and oxygen atoms in total. The van der Waals surface area contributed by atoms with Crippen LogP contribution >= 0.6 is 23.8 Å². The molecule has 2 rings (SSSR count). The number of hydrogen-bond donors (Lipinski definition) is 2. The highest BCUT2D eigenvalue weighted by Gasteiger charge is 2.38. The molecule has 1 amide bonds. The number of halogens is 1. The molecule has 0 radical (unpaired) electrons. The molecular formula is C13H16ClN3OS. The highest BCUT2D eigenvalue weighted by Crippen LogP contribution is 2.34. The fourth-order valence-corrected chi connectivity index (χ4v) is 2.79. The number of nitrogens with zero attached hydrogens (tertiary/aromatic N) is 1. The summed E-state index contributed by atoms with van der Waals surface area (Å²) in [5.41, 5.74) is 12.2. The van der Waals surface area contributed by atoms with Gasteiger partial charge in [0.1, 0.15) is 4.99 Å². The smallest absolute Gasteiger partial charge is 0.225 e. The first-order chi connectivity index (χ1) is 8.83. The number of thiocarbonyl (C=S) groups is 1. The van der Waals surface area contributed by atoms with Crippen LogP contribution in [0.5, 0.6) is 0 Å². The molecular weight excluding hydrogens is 282 g/mol. The minimum Gasteiger partial charge on any atom is -0.389 e. The van der Waals surface area contributed by atoms with Gasteiger partial charge in [0.2, 0.25) is 5.91 Å². The average molecular weight is 298 g/mol. The van der Waals surface area contributed by atoms with Gasteiger partial charge < -0.3 is 16.4 Å². The van der Waals surface area contributed by atoms with E-state index in [4.69, 9.17) is 35.3 Å². The average Bonchev–Trinajstić information content (AvgIpc) is 2.73. The van der Waals surface area contributed by atoms with E-state index in [-0.39, 0.29) is 10.9 Å². The van der Waals surface area contributed by atoms with Crippen molar-refractivity contribution in [2.24, 2.45) is 16.9 Å². The maximum Gasteiger partial charge on any atom is 0.225 e. The monoisotopic (exact) mass is 297 g/mol. The van der Waals surface area contributed by atoms with Crippen molar-refractivity contribution in [1.29, 1.82) is 0 Å². The number of anilines is 1. The second-order valence-electron chi connectivity index (χ2n) is 5.12. The second kappa shape index (κ2) is 4.98. The third-order valence-electron chi connectivity index (χ3n) is 3.65. The first-order valence-corrected chi connectivity index (χ1v) is 6.76. The van der Waals surface area contributed by atoms with E-state index in [1.165, 1.54) is 0 Å². The number of amides is 1. The van der Waals surface area contributed by atoms with Gasteiger partial charge in [-0.25, -0.2) is 0 Å². The van der Waals surface area contributed by atoms with E-state index in [2.05, 4.69) is 4.90 Å². The number of carbonyl (C=O) groups excluding carboxylic acids is 1. The first kappa shape index (κ1) is 14.1. The summed E-state index contributed by atoms with van der Waals surface area (Å²) in [5, 5.41) is 0.526. The molecule has 4 N–H and O–H groups in total. The Morgan fingerprint density at radius 3 is 2.63 bits per heavy atom. The Kier molecular flexibility index (Phi) is 3.69. The lowest BCUT2D eigenvalue weighted by Gasteiger charge is -2.23. The number of hydrogen-bond acceptors (Lipinski definition) is 3. The molecule has 1 atom stereocenters. The van der Waals surface area contributed by atoms with E-state index in [1.54, 1.807) is 6.07 Å². The van der Waals surface area contributed by atoms with Crippen LogP contribution in [0.3, 0.4) is 0 Å². The summed E-state index contributed by atoms with van der Waals surface area (Å²) in [6.07, 6.45) is 0.747. The van der Waals surface area contributed by atoms with Crippen LogP contribution in [-0.2, 0) is 4.79 Å². The van der Waals surface area contributed by atoms with Crippen molar-refractivity contribution < 1.29 is 4.79 Å². The van der Waals surface area contributed by atoms with Crippen LogP contribution < -0.4 is 16.4 Å². The molecule has 1 aromatic carbocycles. The second-order valence-corrected chi connectivity index (χ2v) is 5.97. The molecule has 102 valence electrons. The SMILES string of the molecule is CC1(C(N)=O)CCN(c2ccc(C(N)=S)c(Cl)c2)C1. The summed E-state index contributed by atoms with van der Waals surface area (Å²) >= 11 is 11.1. The Morgan fingerprint density at radius 1 is 1.47 bits per heavy atom. The van der Waals surface area contributed by atoms with E-state index in [0.29, 0.717) is 17.1 Å². The van der Waals surface area contributed by atoms with Gasteiger partial charge >= 0.3 is 0 Å². The minimum absolute atomic E-state index is 0.263. The van der Waals surface area contributed by atoms with Crippen molar-refractivity contribution in [1.82, 2.24) is 0 Å². The molecule has 1 heterocycles. The van der Waals surface area contributed by atoms with Crippen molar-refractivity contribution in [3.05, 3.63) is 28.8 Å². The van der Waals surface area contributed by atoms with Crippen molar-refractivity contribution >= 4 is 40.4 Å². The lowest BCUT2D eigenvalue weighted by atomic mass is 9.89. The van der Waals surface area contributed by atoms with Crippen molar-refractivity contribution in [2.75, 3.05) is 18.0 Å². The van der Waals surface area contributed by atoms with Crippen LogP contribution in [0.1, 0.15) is 18.9 Å². The molecule has 0 bridgehead atoms. The number of carbonyl (C=O) groups is 1. The van der Waals surface area contributed by atoms with Crippen molar-refractivity contribution in [3.63, 3.8) is 0 Å². The minimum atomic E-state index is -0.478. The van der Waals surface area contributed by atoms with E-state index in [0.717, 1.165) is 18.7 Å². The molecule has 0 aromatic heterocycles. The Labute approximate surface area is 122 Å². The van der Waals surface area contributed by atoms with E-state index < -0.39 is 5.41 Å². The molecule has 0 spiro atoms. The molecule has 1 unspecified atom stereocenters. The Balaban J connectivity index is 2.23. The largest absolute Gasteiger partial charge is 0.389 e. The van der Waals surface area contributed by atoms with Gasteiger partial charge in [-0.1, -0.05) is 23.8 Å².